The average Bonchev–Trinajstić information content (AvgIpc) is 2.23. The minimum absolute atomic E-state index is 0.142. The van der Waals surface area contributed by atoms with Crippen LogP contribution in [0.25, 0.3) is 0 Å². The summed E-state index contributed by atoms with van der Waals surface area (Å²) in [6.45, 7) is 7.28. The van der Waals surface area contributed by atoms with E-state index in [-0.39, 0.29) is 12.0 Å². The molecular formula is C14H19NO3. The number of nitrogens with zero attached hydrogens (tertiary/aromatic N) is 1. The Labute approximate surface area is 107 Å². The van der Waals surface area contributed by atoms with Crippen molar-refractivity contribution >= 4 is 11.7 Å². The molecule has 1 aromatic rings. The number of hydrogen-bond acceptors (Lipinski definition) is 3. The van der Waals surface area contributed by atoms with E-state index < -0.39 is 5.97 Å². The Morgan fingerprint density at radius 3 is 2.89 bits per heavy atom. The molecule has 0 spiro atoms. The van der Waals surface area contributed by atoms with Crippen molar-refractivity contribution in [3.8, 4) is 5.75 Å². The number of carboxylic acid groups (broad SMARTS) is 1. The van der Waals surface area contributed by atoms with Crippen LogP contribution in [-0.4, -0.2) is 29.8 Å². The Kier molecular flexibility index (Phi) is 3.20. The molecule has 1 aliphatic heterocycles. The molecule has 0 saturated carbocycles. The molecule has 0 fully saturated rings. The molecule has 0 radical (unpaired) electrons. The molecular weight excluding hydrogens is 230 g/mol. The van der Waals surface area contributed by atoms with E-state index >= 15 is 0 Å². The predicted octanol–water partition coefficient (Wildman–Crippen LogP) is 2.45. The van der Waals surface area contributed by atoms with Crippen molar-refractivity contribution in [2.24, 2.45) is 0 Å². The Morgan fingerprint density at radius 2 is 2.22 bits per heavy atom. The third kappa shape index (κ3) is 2.75. The van der Waals surface area contributed by atoms with Gasteiger partial charge in [0.15, 0.2) is 0 Å². The zero-order valence-electron chi connectivity index (χ0n) is 11.1. The molecule has 1 N–H and O–H groups in total. The van der Waals surface area contributed by atoms with E-state index in [4.69, 9.17) is 9.84 Å². The molecule has 1 aliphatic rings. The molecule has 18 heavy (non-hydrogen) atoms. The molecule has 2 rings (SSSR count). The topological polar surface area (TPSA) is 49.8 Å². The van der Waals surface area contributed by atoms with Crippen molar-refractivity contribution in [3.63, 3.8) is 0 Å². The van der Waals surface area contributed by atoms with E-state index in [0.717, 1.165) is 17.0 Å². The van der Waals surface area contributed by atoms with Crippen molar-refractivity contribution < 1.29 is 14.6 Å². The van der Waals surface area contributed by atoms with Gasteiger partial charge in [-0.3, -0.25) is 4.79 Å². The highest BCUT2D eigenvalue weighted by molar-refractivity contribution is 5.69. The van der Waals surface area contributed by atoms with Crippen LogP contribution in [0, 0.1) is 6.92 Å². The molecule has 1 heterocycles. The van der Waals surface area contributed by atoms with Crippen LogP contribution in [-0.2, 0) is 4.79 Å². The zero-order chi connectivity index (χ0) is 13.3. The van der Waals surface area contributed by atoms with Gasteiger partial charge in [-0.2, -0.15) is 0 Å². The van der Waals surface area contributed by atoms with Crippen LogP contribution in [0.1, 0.15) is 25.8 Å². The number of fused-ring (bicyclic) bond motifs is 1. The van der Waals surface area contributed by atoms with Crippen molar-refractivity contribution in [1.29, 1.82) is 0 Å². The van der Waals surface area contributed by atoms with Gasteiger partial charge in [0.1, 0.15) is 11.4 Å². The van der Waals surface area contributed by atoms with Crippen molar-refractivity contribution in [2.45, 2.75) is 32.8 Å². The zero-order valence-corrected chi connectivity index (χ0v) is 11.1. The third-order valence-electron chi connectivity index (χ3n) is 3.01. The van der Waals surface area contributed by atoms with E-state index in [9.17, 15) is 4.79 Å². The smallest absolute Gasteiger partial charge is 0.305 e. The number of ether oxygens (including phenoxy) is 1. The van der Waals surface area contributed by atoms with Gasteiger partial charge in [0, 0.05) is 6.54 Å². The second-order valence-corrected chi connectivity index (χ2v) is 5.40. The highest BCUT2D eigenvalue weighted by Gasteiger charge is 2.31. The van der Waals surface area contributed by atoms with Crippen LogP contribution in [0.2, 0.25) is 0 Å². The molecule has 4 heteroatoms. The minimum Gasteiger partial charge on any atom is -0.484 e. The first-order valence-electron chi connectivity index (χ1n) is 6.14. The normalized spacial score (nSPS) is 16.9. The van der Waals surface area contributed by atoms with Crippen LogP contribution in [0.3, 0.4) is 0 Å². The molecule has 0 saturated heterocycles. The minimum atomic E-state index is -0.770. The standard InChI is InChI=1S/C14H19NO3/c1-10-4-5-11-12(8-10)18-14(2,3)9-15(11)7-6-13(16)17/h4-5,8H,6-7,9H2,1-3H3,(H,16,17). The SMILES string of the molecule is Cc1ccc2c(c1)OC(C)(C)CN2CCC(=O)O. The Bertz CT molecular complexity index is 468. The van der Waals surface area contributed by atoms with Crippen LogP contribution in [0.5, 0.6) is 5.75 Å². The summed E-state index contributed by atoms with van der Waals surface area (Å²) in [5.74, 6) is 0.0737. The first kappa shape index (κ1) is 12.7. The van der Waals surface area contributed by atoms with Gasteiger partial charge >= 0.3 is 5.97 Å². The summed E-state index contributed by atoms with van der Waals surface area (Å²) in [5.41, 5.74) is 1.84. The maximum atomic E-state index is 10.7. The van der Waals surface area contributed by atoms with Gasteiger partial charge in [0.05, 0.1) is 18.7 Å². The van der Waals surface area contributed by atoms with Crippen LogP contribution in [0.15, 0.2) is 18.2 Å². The second-order valence-electron chi connectivity index (χ2n) is 5.40. The molecule has 0 aromatic heterocycles. The van der Waals surface area contributed by atoms with E-state index in [0.29, 0.717) is 13.1 Å². The fourth-order valence-electron chi connectivity index (χ4n) is 2.27. The number of benzene rings is 1. The lowest BCUT2D eigenvalue weighted by atomic mass is 10.0. The predicted molar refractivity (Wildman–Crippen MR) is 70.4 cm³/mol. The van der Waals surface area contributed by atoms with Gasteiger partial charge in [-0.1, -0.05) is 6.07 Å². The molecule has 0 unspecified atom stereocenters. The highest BCUT2D eigenvalue weighted by atomic mass is 16.5. The number of carbonyl (C=O) groups is 1. The molecule has 98 valence electrons. The summed E-state index contributed by atoms with van der Waals surface area (Å²) < 4.78 is 5.95. The summed E-state index contributed by atoms with van der Waals surface area (Å²) in [7, 11) is 0. The summed E-state index contributed by atoms with van der Waals surface area (Å²) in [6.07, 6.45) is 0.142. The van der Waals surface area contributed by atoms with E-state index in [1.165, 1.54) is 0 Å². The summed E-state index contributed by atoms with van der Waals surface area (Å²) in [4.78, 5) is 12.8. The summed E-state index contributed by atoms with van der Waals surface area (Å²) in [5, 5.41) is 8.81. The van der Waals surface area contributed by atoms with Crippen molar-refractivity contribution in [3.05, 3.63) is 23.8 Å². The van der Waals surface area contributed by atoms with Crippen LogP contribution in [0.4, 0.5) is 5.69 Å². The Morgan fingerprint density at radius 1 is 1.50 bits per heavy atom. The number of anilines is 1. The number of carboxylic acids is 1. The molecule has 0 atom stereocenters. The lowest BCUT2D eigenvalue weighted by Gasteiger charge is -2.41. The molecule has 4 nitrogen and oxygen atoms in total. The number of hydrogen-bond donors (Lipinski definition) is 1. The van der Waals surface area contributed by atoms with Gasteiger partial charge in [-0.05, 0) is 38.5 Å². The quantitative estimate of drug-likeness (QED) is 0.894. The van der Waals surface area contributed by atoms with E-state index in [1.807, 2.05) is 39.0 Å². The lowest BCUT2D eigenvalue weighted by Crippen LogP contribution is -2.47. The summed E-state index contributed by atoms with van der Waals surface area (Å²) >= 11 is 0. The van der Waals surface area contributed by atoms with E-state index in [2.05, 4.69) is 4.90 Å². The Balaban J connectivity index is 2.28. The fraction of sp³-hybridized carbons (Fsp3) is 0.500. The van der Waals surface area contributed by atoms with Crippen LogP contribution >= 0.6 is 0 Å². The number of aliphatic carboxylic acids is 1. The first-order valence-corrected chi connectivity index (χ1v) is 6.14. The average molecular weight is 249 g/mol. The van der Waals surface area contributed by atoms with Gasteiger partial charge in [-0.25, -0.2) is 0 Å². The van der Waals surface area contributed by atoms with Crippen LogP contribution < -0.4 is 9.64 Å². The molecule has 0 amide bonds. The monoisotopic (exact) mass is 249 g/mol. The fourth-order valence-corrected chi connectivity index (χ4v) is 2.27. The van der Waals surface area contributed by atoms with Crippen molar-refractivity contribution in [1.82, 2.24) is 0 Å². The third-order valence-corrected chi connectivity index (χ3v) is 3.01. The first-order chi connectivity index (χ1) is 8.37. The van der Waals surface area contributed by atoms with E-state index in [1.54, 1.807) is 0 Å². The lowest BCUT2D eigenvalue weighted by molar-refractivity contribution is -0.136. The number of aryl methyl sites for hydroxylation is 1. The number of rotatable bonds is 3. The largest absolute Gasteiger partial charge is 0.484 e. The maximum absolute atomic E-state index is 10.7. The van der Waals surface area contributed by atoms with Gasteiger partial charge in [0.25, 0.3) is 0 Å². The van der Waals surface area contributed by atoms with Gasteiger partial charge in [-0.15, -0.1) is 0 Å². The van der Waals surface area contributed by atoms with Gasteiger partial charge < -0.3 is 14.7 Å². The molecule has 1 aromatic carbocycles. The van der Waals surface area contributed by atoms with Gasteiger partial charge in [0.2, 0.25) is 0 Å². The Hall–Kier alpha value is -1.71. The maximum Gasteiger partial charge on any atom is 0.305 e. The molecule has 0 aliphatic carbocycles. The molecule has 0 bridgehead atoms. The highest BCUT2D eigenvalue weighted by Crippen LogP contribution is 2.37. The summed E-state index contributed by atoms with van der Waals surface area (Å²) in [6, 6.07) is 6.03. The van der Waals surface area contributed by atoms with Crippen molar-refractivity contribution in [2.75, 3.05) is 18.0 Å². The second kappa shape index (κ2) is 4.52.